The molecule has 0 saturated heterocycles. The van der Waals surface area contributed by atoms with E-state index in [1.807, 2.05) is 6.07 Å². The third-order valence-electron chi connectivity index (χ3n) is 2.63. The van der Waals surface area contributed by atoms with Crippen LogP contribution in [-0.2, 0) is 0 Å². The van der Waals surface area contributed by atoms with Gasteiger partial charge in [-0.3, -0.25) is 4.79 Å². The molecule has 0 bridgehead atoms. The number of nitrogens with zero attached hydrogens (tertiary/aromatic N) is 1. The van der Waals surface area contributed by atoms with E-state index in [0.29, 0.717) is 16.9 Å². The highest BCUT2D eigenvalue weighted by molar-refractivity contribution is 14.1. The van der Waals surface area contributed by atoms with Crippen LogP contribution in [0.4, 0.5) is 11.4 Å². The van der Waals surface area contributed by atoms with Crippen molar-refractivity contribution in [3.8, 4) is 11.8 Å². The number of nitrogens with one attached hydrogen (secondary N) is 1. The van der Waals surface area contributed by atoms with Gasteiger partial charge >= 0.3 is 0 Å². The zero-order valence-electron chi connectivity index (χ0n) is 10.2. The van der Waals surface area contributed by atoms with Crippen molar-refractivity contribution in [3.63, 3.8) is 0 Å². The highest BCUT2D eigenvalue weighted by Gasteiger charge is 2.13. The number of phenolic OH excluding ortho intramolecular Hbond substituents is 1. The van der Waals surface area contributed by atoms with Gasteiger partial charge in [-0.15, -0.1) is 0 Å². The molecule has 5 nitrogen and oxygen atoms in total. The quantitative estimate of drug-likeness (QED) is 0.552. The minimum atomic E-state index is -0.461. The first-order valence-corrected chi connectivity index (χ1v) is 6.68. The summed E-state index contributed by atoms with van der Waals surface area (Å²) in [6.07, 6.45) is 0. The molecule has 2 rings (SSSR count). The predicted molar refractivity (Wildman–Crippen MR) is 84.3 cm³/mol. The molecule has 1 amide bonds. The van der Waals surface area contributed by atoms with Gasteiger partial charge in [0.25, 0.3) is 5.91 Å². The molecule has 0 saturated carbocycles. The lowest BCUT2D eigenvalue weighted by atomic mass is 10.1. The van der Waals surface area contributed by atoms with Crippen molar-refractivity contribution < 1.29 is 9.90 Å². The Morgan fingerprint density at radius 2 is 2.05 bits per heavy atom. The lowest BCUT2D eigenvalue weighted by Crippen LogP contribution is -2.13. The number of nitriles is 1. The van der Waals surface area contributed by atoms with Crippen LogP contribution < -0.4 is 11.1 Å². The fraction of sp³-hybridized carbons (Fsp3) is 0. The summed E-state index contributed by atoms with van der Waals surface area (Å²) >= 11 is 2.05. The van der Waals surface area contributed by atoms with E-state index in [2.05, 4.69) is 27.9 Å². The van der Waals surface area contributed by atoms with E-state index < -0.39 is 5.91 Å². The summed E-state index contributed by atoms with van der Waals surface area (Å²) in [6.45, 7) is 0. The van der Waals surface area contributed by atoms with E-state index in [9.17, 15) is 9.90 Å². The van der Waals surface area contributed by atoms with Gasteiger partial charge in [-0.25, -0.2) is 0 Å². The van der Waals surface area contributed by atoms with Crippen LogP contribution in [0.3, 0.4) is 0 Å². The van der Waals surface area contributed by atoms with Crippen molar-refractivity contribution in [2.24, 2.45) is 0 Å². The molecule has 0 atom stereocenters. The summed E-state index contributed by atoms with van der Waals surface area (Å²) in [5, 5.41) is 21.1. The van der Waals surface area contributed by atoms with Gasteiger partial charge in [0.15, 0.2) is 0 Å². The van der Waals surface area contributed by atoms with E-state index in [1.165, 1.54) is 12.1 Å². The molecule has 0 aliphatic rings. The number of anilines is 2. The Balaban J connectivity index is 2.28. The Labute approximate surface area is 129 Å². The number of halogens is 1. The van der Waals surface area contributed by atoms with Crippen LogP contribution in [0.2, 0.25) is 0 Å². The number of amides is 1. The van der Waals surface area contributed by atoms with Crippen LogP contribution >= 0.6 is 22.6 Å². The number of carbonyl (C=O) groups excluding carboxylic acids is 1. The van der Waals surface area contributed by atoms with Crippen molar-refractivity contribution in [1.29, 1.82) is 5.26 Å². The molecule has 20 heavy (non-hydrogen) atoms. The topological polar surface area (TPSA) is 99.1 Å². The highest BCUT2D eigenvalue weighted by atomic mass is 127. The SMILES string of the molecule is N#Cc1ccc(NC(=O)c2cc(I)ccc2O)c(N)c1. The summed E-state index contributed by atoms with van der Waals surface area (Å²) in [5.41, 5.74) is 7.03. The van der Waals surface area contributed by atoms with Crippen molar-refractivity contribution in [2.75, 3.05) is 11.1 Å². The number of aromatic hydroxyl groups is 1. The van der Waals surface area contributed by atoms with E-state index in [0.717, 1.165) is 3.57 Å². The maximum absolute atomic E-state index is 12.1. The molecule has 0 radical (unpaired) electrons. The smallest absolute Gasteiger partial charge is 0.259 e. The first kappa shape index (κ1) is 14.1. The summed E-state index contributed by atoms with van der Waals surface area (Å²) < 4.78 is 0.832. The molecule has 6 heteroatoms. The molecule has 2 aromatic carbocycles. The zero-order chi connectivity index (χ0) is 14.7. The summed E-state index contributed by atoms with van der Waals surface area (Å²) in [4.78, 5) is 12.1. The molecule has 0 unspecified atom stereocenters. The minimum Gasteiger partial charge on any atom is -0.507 e. The number of nitrogens with two attached hydrogens (primary N) is 1. The lowest BCUT2D eigenvalue weighted by Gasteiger charge is -2.09. The molecular weight excluding hydrogens is 369 g/mol. The van der Waals surface area contributed by atoms with Crippen LogP contribution in [0, 0.1) is 14.9 Å². The second kappa shape index (κ2) is 5.79. The standard InChI is InChI=1S/C14H10IN3O2/c15-9-2-4-13(19)10(6-9)14(20)18-12-3-1-8(7-16)5-11(12)17/h1-6,19H,17H2,(H,18,20). The maximum Gasteiger partial charge on any atom is 0.259 e. The molecule has 0 spiro atoms. The molecule has 0 aliphatic heterocycles. The van der Waals surface area contributed by atoms with Crippen molar-refractivity contribution in [3.05, 3.63) is 51.1 Å². The van der Waals surface area contributed by atoms with Gasteiger partial charge in [0.1, 0.15) is 5.75 Å². The van der Waals surface area contributed by atoms with Crippen LogP contribution in [0.1, 0.15) is 15.9 Å². The number of hydrogen-bond donors (Lipinski definition) is 3. The summed E-state index contributed by atoms with van der Waals surface area (Å²) in [7, 11) is 0. The highest BCUT2D eigenvalue weighted by Crippen LogP contribution is 2.24. The molecule has 0 aromatic heterocycles. The van der Waals surface area contributed by atoms with E-state index in [-0.39, 0.29) is 11.3 Å². The van der Waals surface area contributed by atoms with Crippen LogP contribution in [0.25, 0.3) is 0 Å². The number of hydrogen-bond acceptors (Lipinski definition) is 4. The molecule has 0 heterocycles. The Bertz CT molecular complexity index is 723. The monoisotopic (exact) mass is 379 g/mol. The van der Waals surface area contributed by atoms with Crippen LogP contribution in [0.15, 0.2) is 36.4 Å². The van der Waals surface area contributed by atoms with E-state index in [4.69, 9.17) is 11.0 Å². The Morgan fingerprint density at radius 3 is 2.70 bits per heavy atom. The summed E-state index contributed by atoms with van der Waals surface area (Å²) in [5.74, 6) is -0.562. The lowest BCUT2D eigenvalue weighted by molar-refractivity contribution is 0.102. The number of nitrogen functional groups attached to an aromatic ring is 1. The predicted octanol–water partition coefficient (Wildman–Crippen LogP) is 2.70. The molecule has 100 valence electrons. The van der Waals surface area contributed by atoms with Crippen molar-refractivity contribution in [1.82, 2.24) is 0 Å². The van der Waals surface area contributed by atoms with E-state index in [1.54, 1.807) is 24.3 Å². The largest absolute Gasteiger partial charge is 0.507 e. The Morgan fingerprint density at radius 1 is 1.30 bits per heavy atom. The van der Waals surface area contributed by atoms with Crippen LogP contribution in [-0.4, -0.2) is 11.0 Å². The third kappa shape index (κ3) is 3.00. The van der Waals surface area contributed by atoms with Gasteiger partial charge in [0.05, 0.1) is 28.6 Å². The fourth-order valence-corrected chi connectivity index (χ4v) is 2.12. The number of carbonyl (C=O) groups is 1. The van der Waals surface area contributed by atoms with Gasteiger partial charge in [-0.2, -0.15) is 5.26 Å². The van der Waals surface area contributed by atoms with E-state index >= 15 is 0 Å². The first-order valence-electron chi connectivity index (χ1n) is 5.61. The second-order valence-electron chi connectivity index (χ2n) is 4.03. The fourth-order valence-electron chi connectivity index (χ4n) is 1.63. The van der Waals surface area contributed by atoms with Gasteiger partial charge in [-0.1, -0.05) is 0 Å². The molecule has 0 fully saturated rings. The maximum atomic E-state index is 12.1. The third-order valence-corrected chi connectivity index (χ3v) is 3.30. The molecule has 4 N–H and O–H groups in total. The minimum absolute atomic E-state index is 0.102. The van der Waals surface area contributed by atoms with Crippen molar-refractivity contribution in [2.45, 2.75) is 0 Å². The average Bonchev–Trinajstić information content (AvgIpc) is 2.43. The van der Waals surface area contributed by atoms with Crippen molar-refractivity contribution >= 4 is 39.9 Å². The van der Waals surface area contributed by atoms with Gasteiger partial charge in [-0.05, 0) is 59.0 Å². The van der Waals surface area contributed by atoms with Gasteiger partial charge in [0.2, 0.25) is 0 Å². The van der Waals surface area contributed by atoms with Gasteiger partial charge in [0, 0.05) is 3.57 Å². The molecular formula is C14H10IN3O2. The Kier molecular flexibility index (Phi) is 4.10. The molecule has 0 aliphatic carbocycles. The number of rotatable bonds is 2. The molecule has 2 aromatic rings. The average molecular weight is 379 g/mol. The normalized spacial score (nSPS) is 9.80. The van der Waals surface area contributed by atoms with Crippen LogP contribution in [0.5, 0.6) is 5.75 Å². The Hall–Kier alpha value is -2.27. The zero-order valence-corrected chi connectivity index (χ0v) is 12.4. The first-order chi connectivity index (χ1) is 9.51. The van der Waals surface area contributed by atoms with Gasteiger partial charge < -0.3 is 16.2 Å². The number of phenols is 1. The number of benzene rings is 2. The summed E-state index contributed by atoms with van der Waals surface area (Å²) in [6, 6.07) is 11.3. The second-order valence-corrected chi connectivity index (χ2v) is 5.28.